The van der Waals surface area contributed by atoms with Crippen LogP contribution in [-0.2, 0) is 26.2 Å². The number of rotatable bonds is 0. The summed E-state index contributed by atoms with van der Waals surface area (Å²) in [6.45, 7) is 0. The van der Waals surface area contributed by atoms with Crippen molar-refractivity contribution in [2.45, 2.75) is 0 Å². The number of hydrogen-bond donors (Lipinski definition) is 0. The van der Waals surface area contributed by atoms with Crippen molar-refractivity contribution in [2.75, 3.05) is 0 Å². The van der Waals surface area contributed by atoms with Crippen LogP contribution in [0.2, 0.25) is 0 Å². The van der Waals surface area contributed by atoms with Gasteiger partial charge in [0.25, 0.3) is 0 Å². The predicted octanol–water partition coefficient (Wildman–Crippen LogP) is -22.1. The van der Waals surface area contributed by atoms with Crippen LogP contribution in [0.15, 0.2) is 0 Å². The summed E-state index contributed by atoms with van der Waals surface area (Å²) in [5.41, 5.74) is 0. The van der Waals surface area contributed by atoms with Crippen LogP contribution >= 0.6 is 0 Å². The van der Waals surface area contributed by atoms with E-state index >= 15 is 0 Å². The van der Waals surface area contributed by atoms with Crippen LogP contribution in [0.25, 0.3) is 0 Å². The maximum atomic E-state index is 0. The molecule has 23 nitrogen and oxygen atoms in total. The van der Waals surface area contributed by atoms with E-state index in [1.807, 2.05) is 0 Å². The summed E-state index contributed by atoms with van der Waals surface area (Å²) in [6, 6.07) is 0. The van der Waals surface area contributed by atoms with Gasteiger partial charge in [0, 0.05) is 0 Å². The maximum Gasteiger partial charge on any atom is 4.00 e. The molecule has 0 fully saturated rings. The summed E-state index contributed by atoms with van der Waals surface area (Å²) in [6.07, 6.45) is 0. The van der Waals surface area contributed by atoms with Crippen molar-refractivity contribution < 1.29 is 214 Å². The Balaban J connectivity index is 0. The molecular formula is H23Al8Cl5O23Zr. The van der Waals surface area contributed by atoms with Crippen molar-refractivity contribution in [3.05, 3.63) is 0 Å². The average Bonchev–Trinajstić information content (AvgIpc) is 0. The zero-order chi connectivity index (χ0) is 0. The third kappa shape index (κ3) is 2040. The third-order valence-corrected chi connectivity index (χ3v) is 0. The van der Waals surface area contributed by atoms with Crippen LogP contribution in [0.4, 0.5) is 0 Å². The third-order valence-electron chi connectivity index (χ3n) is 0. The molecule has 0 aliphatic carbocycles. The summed E-state index contributed by atoms with van der Waals surface area (Å²) in [7, 11) is 0. The van der Waals surface area contributed by atoms with Gasteiger partial charge in [-0.1, -0.05) is 0 Å². The van der Waals surface area contributed by atoms with Gasteiger partial charge in [0.2, 0.25) is 0 Å². The van der Waals surface area contributed by atoms with Gasteiger partial charge in [0.15, 0.2) is 0 Å². The Bertz CT molecular complexity index is 53.1. The van der Waals surface area contributed by atoms with Crippen molar-refractivity contribution >= 4 is 139 Å². The smallest absolute Gasteiger partial charge is 1.00 e. The van der Waals surface area contributed by atoms with Crippen LogP contribution in [-0.4, -0.2) is 265 Å². The molecule has 0 atom stereocenters. The van der Waals surface area contributed by atoms with Crippen molar-refractivity contribution in [3.63, 3.8) is 0 Å². The average molecular weight is 876 g/mol. The fraction of sp³-hybridized carbons (Fsp3) is 0. The second-order valence-electron chi connectivity index (χ2n) is 0. The molecule has 0 spiro atoms. The second-order valence-corrected chi connectivity index (χ2v) is 0. The molecule has 0 saturated carbocycles. The van der Waals surface area contributed by atoms with Crippen molar-refractivity contribution in [1.29, 1.82) is 0 Å². The Morgan fingerprint density at radius 1 is 0.108 bits per heavy atom. The normalized spacial score (nSPS) is 0. The second kappa shape index (κ2) is 2140. The van der Waals surface area contributed by atoms with Gasteiger partial charge >= 0.3 is 165 Å². The van der Waals surface area contributed by atoms with Gasteiger partial charge in [-0.2, -0.15) is 0 Å². The summed E-state index contributed by atoms with van der Waals surface area (Å²) in [4.78, 5) is 0. The van der Waals surface area contributed by atoms with Gasteiger partial charge in [0.1, 0.15) is 0 Å². The molecule has 0 saturated heterocycles. The van der Waals surface area contributed by atoms with Gasteiger partial charge in [0.05, 0.1) is 0 Å². The molecule has 0 bridgehead atoms. The fourth-order valence-electron chi connectivity index (χ4n) is 0. The first-order valence-corrected chi connectivity index (χ1v) is 0. The first-order chi connectivity index (χ1) is 0. The minimum Gasteiger partial charge on any atom is -1.00 e. The zero-order valence-corrected chi connectivity index (χ0v) is 32.8. The zero-order valence-electron chi connectivity index (χ0n) is 17.3. The van der Waals surface area contributed by atoms with E-state index in [-0.39, 0.29) is 353 Å². The first-order valence-electron chi connectivity index (χ1n) is 0. The van der Waals surface area contributed by atoms with Gasteiger partial charge in [-0.15, -0.1) is 0 Å². The molecule has 0 unspecified atom stereocenters. The fourth-order valence-corrected chi connectivity index (χ4v) is 0. The monoisotopic (exact) mass is 872 g/mol. The van der Waals surface area contributed by atoms with Crippen molar-refractivity contribution in [1.82, 2.24) is 0 Å². The van der Waals surface area contributed by atoms with Crippen LogP contribution in [0.1, 0.15) is 0 Å². The Labute approximate surface area is 348 Å². The summed E-state index contributed by atoms with van der Waals surface area (Å²) < 4.78 is 0. The van der Waals surface area contributed by atoms with E-state index in [1.165, 1.54) is 0 Å². The Kier molecular flexibility index (Phi) is 133000. The number of halogens is 5. The minimum atomic E-state index is 0. The molecule has 0 rings (SSSR count). The van der Waals surface area contributed by atoms with Gasteiger partial charge in [-0.25, -0.2) is 0 Å². The van der Waals surface area contributed by atoms with E-state index in [4.69, 9.17) is 0 Å². The van der Waals surface area contributed by atoms with E-state index in [0.29, 0.717) is 0 Å². The molecule has 37 heteroatoms. The molecule has 23 N–H and O–H groups in total. The summed E-state index contributed by atoms with van der Waals surface area (Å²) >= 11 is 0. The SMILES string of the molecule is [Al+3].[Al+3].[Al+3].[Al+3].[Al+3].[Al+3].[Al+3].[Al+3].[Cl-].[Cl-].[Cl-].[Cl-].[Cl-].[OH-].[OH-].[OH-].[OH-].[OH-].[OH-].[OH-].[OH-].[OH-].[OH-].[OH-].[OH-].[OH-].[OH-].[OH-].[OH-].[OH-].[OH-].[OH-].[OH-].[OH-].[OH-].[OH-].[Zr+4]. The predicted molar refractivity (Wildman–Crippen MR) is 90.6 cm³/mol. The number of hydrogen-bond acceptors (Lipinski definition) is 23. The standard InChI is InChI=1S/8Al.5ClH.23H2O.Zr/h;;;;;;;;5*1H;23*1H2;/q8*+3;;;;;;;;;;;;;;;;;;;;;;;;;;;;;+4/p-28. The van der Waals surface area contributed by atoms with Crippen LogP contribution in [0, 0.1) is 0 Å². The first kappa shape index (κ1) is 2300. The van der Waals surface area contributed by atoms with Crippen LogP contribution in [0.5, 0.6) is 0 Å². The van der Waals surface area contributed by atoms with Crippen LogP contribution in [0.3, 0.4) is 0 Å². The Morgan fingerprint density at radius 3 is 0.108 bits per heavy atom. The molecule has 0 aromatic heterocycles. The van der Waals surface area contributed by atoms with E-state index < -0.39 is 0 Å². The van der Waals surface area contributed by atoms with Gasteiger partial charge < -0.3 is 188 Å². The molecule has 0 heterocycles. The van der Waals surface area contributed by atoms with Crippen molar-refractivity contribution in [3.8, 4) is 0 Å². The van der Waals surface area contributed by atoms with E-state index in [0.717, 1.165) is 0 Å². The summed E-state index contributed by atoms with van der Waals surface area (Å²) in [5, 5.41) is 0. The molecule has 0 aliphatic rings. The Hall–Kier alpha value is 5.67. The maximum absolute atomic E-state index is 0. The van der Waals surface area contributed by atoms with Gasteiger partial charge in [-0.3, -0.25) is 0 Å². The largest absolute Gasteiger partial charge is 4.00 e. The topological polar surface area (TPSA) is 690 Å². The molecule has 224 valence electrons. The van der Waals surface area contributed by atoms with Crippen LogP contribution < -0.4 is 62.0 Å². The quantitative estimate of drug-likeness (QED) is 0.204. The van der Waals surface area contributed by atoms with E-state index in [2.05, 4.69) is 0 Å². The summed E-state index contributed by atoms with van der Waals surface area (Å²) in [5.74, 6) is 0. The van der Waals surface area contributed by atoms with E-state index in [9.17, 15) is 0 Å². The molecule has 0 aliphatic heterocycles. The molecular weight excluding hydrogens is 852 g/mol. The van der Waals surface area contributed by atoms with E-state index in [1.54, 1.807) is 0 Å². The minimum absolute atomic E-state index is 0. The Morgan fingerprint density at radius 2 is 0.108 bits per heavy atom. The molecule has 0 aromatic carbocycles. The molecule has 0 radical (unpaired) electrons. The van der Waals surface area contributed by atoms with Gasteiger partial charge in [-0.05, 0) is 0 Å². The van der Waals surface area contributed by atoms with Crippen molar-refractivity contribution in [2.24, 2.45) is 0 Å². The molecule has 37 heavy (non-hydrogen) atoms. The molecule has 0 amide bonds. The molecule has 0 aromatic rings.